The van der Waals surface area contributed by atoms with Gasteiger partial charge in [0.15, 0.2) is 0 Å². The van der Waals surface area contributed by atoms with Gasteiger partial charge in [-0.15, -0.1) is 0 Å². The lowest BCUT2D eigenvalue weighted by molar-refractivity contribution is -0.0887. The van der Waals surface area contributed by atoms with Crippen molar-refractivity contribution in [1.29, 1.82) is 0 Å². The lowest BCUT2D eigenvalue weighted by Gasteiger charge is -2.61. The van der Waals surface area contributed by atoms with E-state index in [2.05, 4.69) is 26.1 Å². The molecule has 0 amide bonds. The average molecular weight is 225 g/mol. The minimum atomic E-state index is 0.300. The van der Waals surface area contributed by atoms with E-state index in [0.717, 1.165) is 18.4 Å². The smallest absolute Gasteiger partial charge is 0.0468 e. The molecule has 2 unspecified atom stereocenters. The van der Waals surface area contributed by atoms with Crippen molar-refractivity contribution in [3.8, 4) is 0 Å². The number of aliphatic hydroxyl groups excluding tert-OH is 1. The summed E-state index contributed by atoms with van der Waals surface area (Å²) in [4.78, 5) is 0. The number of nitrogens with one attached hydrogen (secondary N) is 1. The summed E-state index contributed by atoms with van der Waals surface area (Å²) < 4.78 is 0. The monoisotopic (exact) mass is 225 g/mol. The molecule has 0 aliphatic heterocycles. The molecule has 0 aromatic rings. The minimum Gasteiger partial charge on any atom is -0.396 e. The molecule has 0 spiro atoms. The zero-order valence-corrected chi connectivity index (χ0v) is 11.0. The zero-order valence-electron chi connectivity index (χ0n) is 11.0. The van der Waals surface area contributed by atoms with E-state index in [1.807, 2.05) is 0 Å². The number of aliphatic hydroxyl groups is 1. The fourth-order valence-electron chi connectivity index (χ4n) is 3.95. The second-order valence-corrected chi connectivity index (χ2v) is 6.55. The van der Waals surface area contributed by atoms with Crippen LogP contribution in [0.15, 0.2) is 0 Å². The zero-order chi connectivity index (χ0) is 11.8. The van der Waals surface area contributed by atoms with Crippen molar-refractivity contribution in [3.05, 3.63) is 0 Å². The van der Waals surface area contributed by atoms with E-state index in [1.54, 1.807) is 0 Å². The quantitative estimate of drug-likeness (QED) is 0.770. The van der Waals surface area contributed by atoms with Gasteiger partial charge in [-0.05, 0) is 36.0 Å². The number of hydrogen-bond acceptors (Lipinski definition) is 2. The second-order valence-electron chi connectivity index (χ2n) is 6.55. The lowest BCUT2D eigenvalue weighted by atomic mass is 9.47. The van der Waals surface area contributed by atoms with Crippen LogP contribution in [0.1, 0.15) is 46.5 Å². The summed E-state index contributed by atoms with van der Waals surface area (Å²) in [5.41, 5.74) is 0.472. The third-order valence-electron chi connectivity index (χ3n) is 5.00. The molecule has 0 bridgehead atoms. The summed E-state index contributed by atoms with van der Waals surface area (Å²) >= 11 is 0. The van der Waals surface area contributed by atoms with Crippen LogP contribution in [0.25, 0.3) is 0 Å². The Morgan fingerprint density at radius 2 is 2.00 bits per heavy atom. The van der Waals surface area contributed by atoms with Gasteiger partial charge in [0, 0.05) is 19.2 Å². The molecule has 2 nitrogen and oxygen atoms in total. The third kappa shape index (κ3) is 2.02. The fourth-order valence-corrected chi connectivity index (χ4v) is 3.95. The Labute approximate surface area is 99.8 Å². The predicted molar refractivity (Wildman–Crippen MR) is 67.3 cm³/mol. The van der Waals surface area contributed by atoms with Crippen LogP contribution in [0.5, 0.6) is 0 Å². The first-order chi connectivity index (χ1) is 7.57. The molecule has 94 valence electrons. The second kappa shape index (κ2) is 4.66. The van der Waals surface area contributed by atoms with E-state index in [-0.39, 0.29) is 0 Å². The molecule has 0 aromatic heterocycles. The highest BCUT2D eigenvalue weighted by Crippen LogP contribution is 2.57. The van der Waals surface area contributed by atoms with Gasteiger partial charge >= 0.3 is 0 Å². The molecule has 4 atom stereocenters. The molecule has 0 aromatic carbocycles. The van der Waals surface area contributed by atoms with Gasteiger partial charge in [-0.1, -0.05) is 33.6 Å². The van der Waals surface area contributed by atoms with Crippen molar-refractivity contribution in [2.24, 2.45) is 23.2 Å². The molecule has 2 saturated carbocycles. The van der Waals surface area contributed by atoms with Gasteiger partial charge in [0.05, 0.1) is 0 Å². The average Bonchev–Trinajstić information content (AvgIpc) is 2.28. The van der Waals surface area contributed by atoms with E-state index >= 15 is 0 Å². The SMILES string of the molecule is CC(CO)CNC1[C@@H]2CCCC[C@@H]2C1(C)C. The summed E-state index contributed by atoms with van der Waals surface area (Å²) in [6.45, 7) is 8.21. The van der Waals surface area contributed by atoms with Gasteiger partial charge in [0.25, 0.3) is 0 Å². The van der Waals surface area contributed by atoms with Crippen molar-refractivity contribution in [1.82, 2.24) is 5.32 Å². The van der Waals surface area contributed by atoms with Gasteiger partial charge in [0.1, 0.15) is 0 Å². The Kier molecular flexibility index (Phi) is 3.60. The highest BCUT2D eigenvalue weighted by atomic mass is 16.3. The molecule has 0 heterocycles. The van der Waals surface area contributed by atoms with Crippen LogP contribution >= 0.6 is 0 Å². The van der Waals surface area contributed by atoms with Crippen LogP contribution < -0.4 is 5.32 Å². The van der Waals surface area contributed by atoms with Gasteiger partial charge in [-0.3, -0.25) is 0 Å². The maximum atomic E-state index is 9.06. The molecule has 2 N–H and O–H groups in total. The molecule has 0 radical (unpaired) electrons. The molecular weight excluding hydrogens is 198 g/mol. The Morgan fingerprint density at radius 1 is 1.31 bits per heavy atom. The maximum absolute atomic E-state index is 9.06. The van der Waals surface area contributed by atoms with E-state index < -0.39 is 0 Å². The van der Waals surface area contributed by atoms with Crippen molar-refractivity contribution >= 4 is 0 Å². The third-order valence-corrected chi connectivity index (χ3v) is 5.00. The minimum absolute atomic E-state index is 0.300. The molecule has 0 saturated heterocycles. The number of fused-ring (bicyclic) bond motifs is 1. The first-order valence-electron chi connectivity index (χ1n) is 6.91. The molecule has 2 fully saturated rings. The van der Waals surface area contributed by atoms with Crippen molar-refractivity contribution in [2.75, 3.05) is 13.2 Å². The number of hydrogen-bond donors (Lipinski definition) is 2. The highest BCUT2D eigenvalue weighted by molar-refractivity contribution is 5.08. The summed E-state index contributed by atoms with van der Waals surface area (Å²) in [5, 5.41) is 12.8. The largest absolute Gasteiger partial charge is 0.396 e. The van der Waals surface area contributed by atoms with Crippen LogP contribution in [-0.2, 0) is 0 Å². The standard InChI is InChI=1S/C14H27NO/c1-10(9-16)8-15-13-11-6-4-5-7-12(11)14(13,2)3/h10-13,15-16H,4-9H2,1-3H3/t10?,11-,12+,13?/m1/s1. The normalized spacial score (nSPS) is 38.6. The highest BCUT2D eigenvalue weighted by Gasteiger charge is 2.55. The lowest BCUT2D eigenvalue weighted by Crippen LogP contribution is -2.65. The van der Waals surface area contributed by atoms with Crippen LogP contribution in [-0.4, -0.2) is 24.3 Å². The van der Waals surface area contributed by atoms with Gasteiger partial charge < -0.3 is 10.4 Å². The molecular formula is C14H27NO. The Morgan fingerprint density at radius 3 is 2.69 bits per heavy atom. The molecule has 2 aliphatic carbocycles. The first kappa shape index (κ1) is 12.4. The Balaban J connectivity index is 1.89. The predicted octanol–water partition coefficient (Wildman–Crippen LogP) is 2.42. The molecule has 16 heavy (non-hydrogen) atoms. The van der Waals surface area contributed by atoms with Crippen molar-refractivity contribution in [2.45, 2.75) is 52.5 Å². The fraction of sp³-hybridized carbons (Fsp3) is 1.00. The molecule has 2 rings (SSSR count). The number of rotatable bonds is 4. The topological polar surface area (TPSA) is 32.3 Å². The van der Waals surface area contributed by atoms with Crippen LogP contribution in [0.4, 0.5) is 0 Å². The summed E-state index contributed by atoms with van der Waals surface area (Å²) in [6, 6.07) is 0.687. The van der Waals surface area contributed by atoms with Gasteiger partial charge in [-0.2, -0.15) is 0 Å². The Bertz CT molecular complexity index is 239. The van der Waals surface area contributed by atoms with E-state index in [9.17, 15) is 0 Å². The van der Waals surface area contributed by atoms with Gasteiger partial charge in [0.2, 0.25) is 0 Å². The van der Waals surface area contributed by atoms with E-state index in [1.165, 1.54) is 25.7 Å². The maximum Gasteiger partial charge on any atom is 0.0468 e. The molecule has 2 heteroatoms. The van der Waals surface area contributed by atoms with Crippen LogP contribution in [0.3, 0.4) is 0 Å². The van der Waals surface area contributed by atoms with E-state index in [4.69, 9.17) is 5.11 Å². The van der Waals surface area contributed by atoms with Gasteiger partial charge in [-0.25, -0.2) is 0 Å². The van der Waals surface area contributed by atoms with E-state index in [0.29, 0.717) is 24.0 Å². The summed E-state index contributed by atoms with van der Waals surface area (Å²) in [7, 11) is 0. The summed E-state index contributed by atoms with van der Waals surface area (Å²) in [5.74, 6) is 2.25. The van der Waals surface area contributed by atoms with Crippen molar-refractivity contribution < 1.29 is 5.11 Å². The summed E-state index contributed by atoms with van der Waals surface area (Å²) in [6.07, 6.45) is 5.71. The van der Waals surface area contributed by atoms with Crippen LogP contribution in [0, 0.1) is 23.2 Å². The Hall–Kier alpha value is -0.0800. The van der Waals surface area contributed by atoms with Crippen molar-refractivity contribution in [3.63, 3.8) is 0 Å². The molecule has 2 aliphatic rings. The first-order valence-corrected chi connectivity index (χ1v) is 6.91. The van der Waals surface area contributed by atoms with Crippen LogP contribution in [0.2, 0.25) is 0 Å².